The minimum atomic E-state index is -0.532. The van der Waals surface area contributed by atoms with Gasteiger partial charge in [-0.15, -0.1) is 0 Å². The number of carbonyl (C=O) groups excluding carboxylic acids is 3. The SMILES string of the molecule is CCc1ccc(C(=O)COC(=O)C2CCCN2C(=O)C23CC4CC(CC(C4)C2)C3)cc1. The van der Waals surface area contributed by atoms with Crippen LogP contribution in [-0.2, 0) is 20.7 Å². The number of hydrogen-bond acceptors (Lipinski definition) is 4. The van der Waals surface area contributed by atoms with Crippen LogP contribution in [0.25, 0.3) is 0 Å². The summed E-state index contributed by atoms with van der Waals surface area (Å²) in [6.45, 7) is 2.43. The van der Waals surface area contributed by atoms with Crippen molar-refractivity contribution in [1.29, 1.82) is 0 Å². The Morgan fingerprint density at radius 3 is 2.19 bits per heavy atom. The molecule has 1 aliphatic heterocycles. The zero-order chi connectivity index (χ0) is 21.6. The molecule has 1 heterocycles. The van der Waals surface area contributed by atoms with Gasteiger partial charge in [0.2, 0.25) is 5.91 Å². The van der Waals surface area contributed by atoms with Crippen LogP contribution in [0.4, 0.5) is 0 Å². The minimum absolute atomic E-state index is 0.188. The minimum Gasteiger partial charge on any atom is -0.456 e. The standard InChI is InChI=1S/C26H33NO4/c1-2-17-5-7-21(8-6-17)23(28)16-31-24(29)22-4-3-9-27(22)25(30)26-13-18-10-19(14-26)12-20(11-18)15-26/h5-8,18-20,22H,2-4,9-16H2,1H3. The third-order valence-electron chi connectivity index (χ3n) is 8.31. The Balaban J connectivity index is 1.22. The fraction of sp³-hybridized carbons (Fsp3) is 0.654. The molecule has 166 valence electrons. The predicted octanol–water partition coefficient (Wildman–Crippen LogP) is 4.18. The van der Waals surface area contributed by atoms with Crippen molar-refractivity contribution in [2.45, 2.75) is 70.8 Å². The van der Waals surface area contributed by atoms with Gasteiger partial charge in [0.05, 0.1) is 5.41 Å². The zero-order valence-corrected chi connectivity index (χ0v) is 18.5. The molecule has 5 fully saturated rings. The molecule has 31 heavy (non-hydrogen) atoms. The van der Waals surface area contributed by atoms with Gasteiger partial charge in [0, 0.05) is 12.1 Å². The molecule has 1 saturated heterocycles. The van der Waals surface area contributed by atoms with Gasteiger partial charge in [0.25, 0.3) is 0 Å². The molecule has 5 nitrogen and oxygen atoms in total. The third kappa shape index (κ3) is 3.81. The Labute approximate surface area is 184 Å². The highest BCUT2D eigenvalue weighted by atomic mass is 16.5. The molecular weight excluding hydrogens is 390 g/mol. The largest absolute Gasteiger partial charge is 0.456 e. The molecule has 0 spiro atoms. The van der Waals surface area contributed by atoms with E-state index in [2.05, 4.69) is 6.92 Å². The molecule has 1 unspecified atom stereocenters. The van der Waals surface area contributed by atoms with Crippen LogP contribution in [0.2, 0.25) is 0 Å². The van der Waals surface area contributed by atoms with Crippen molar-refractivity contribution in [3.63, 3.8) is 0 Å². The molecule has 6 rings (SSSR count). The van der Waals surface area contributed by atoms with Crippen LogP contribution < -0.4 is 0 Å². The smallest absolute Gasteiger partial charge is 0.329 e. The van der Waals surface area contributed by atoms with Crippen molar-refractivity contribution in [1.82, 2.24) is 4.90 Å². The van der Waals surface area contributed by atoms with Crippen molar-refractivity contribution in [3.05, 3.63) is 35.4 Å². The van der Waals surface area contributed by atoms with E-state index in [0.717, 1.165) is 32.1 Å². The summed E-state index contributed by atoms with van der Waals surface area (Å²) in [6, 6.07) is 6.90. The number of esters is 1. The van der Waals surface area contributed by atoms with Gasteiger partial charge in [-0.3, -0.25) is 9.59 Å². The summed E-state index contributed by atoms with van der Waals surface area (Å²) >= 11 is 0. The normalized spacial score (nSPS) is 33.5. The molecule has 0 aromatic heterocycles. The molecule has 1 atom stereocenters. The second-order valence-electron chi connectivity index (χ2n) is 10.4. The van der Waals surface area contributed by atoms with Gasteiger partial charge in [-0.1, -0.05) is 31.2 Å². The maximum atomic E-state index is 13.7. The first-order valence-electron chi connectivity index (χ1n) is 12.1. The van der Waals surface area contributed by atoms with Gasteiger partial charge in [0.15, 0.2) is 12.4 Å². The van der Waals surface area contributed by atoms with E-state index in [9.17, 15) is 14.4 Å². The van der Waals surface area contributed by atoms with Crippen LogP contribution in [-0.4, -0.2) is 41.8 Å². The molecule has 5 aliphatic rings. The zero-order valence-electron chi connectivity index (χ0n) is 18.5. The Kier molecular flexibility index (Phi) is 5.39. The van der Waals surface area contributed by atoms with E-state index in [0.29, 0.717) is 36.3 Å². The van der Waals surface area contributed by atoms with Gasteiger partial charge in [-0.2, -0.15) is 0 Å². The average Bonchev–Trinajstić information content (AvgIpc) is 3.25. The number of nitrogens with zero attached hydrogens (tertiary/aromatic N) is 1. The van der Waals surface area contributed by atoms with E-state index in [1.807, 2.05) is 12.1 Å². The summed E-state index contributed by atoms with van der Waals surface area (Å²) < 4.78 is 5.42. The molecule has 4 saturated carbocycles. The quantitative estimate of drug-likeness (QED) is 0.509. The molecule has 1 aromatic rings. The lowest BCUT2D eigenvalue weighted by Crippen LogP contribution is -2.56. The lowest BCUT2D eigenvalue weighted by Gasteiger charge is -2.56. The summed E-state index contributed by atoms with van der Waals surface area (Å²) in [5.41, 5.74) is 1.48. The molecular formula is C26H33NO4. The van der Waals surface area contributed by atoms with Gasteiger partial charge < -0.3 is 9.64 Å². The van der Waals surface area contributed by atoms with Crippen molar-refractivity contribution >= 4 is 17.7 Å². The number of hydrogen-bond donors (Lipinski definition) is 0. The molecule has 4 aliphatic carbocycles. The number of amides is 1. The Hall–Kier alpha value is -2.17. The number of rotatable bonds is 6. The summed E-state index contributed by atoms with van der Waals surface area (Å²) in [5, 5.41) is 0. The lowest BCUT2D eigenvalue weighted by molar-refractivity contribution is -0.165. The highest BCUT2D eigenvalue weighted by Gasteiger charge is 2.57. The fourth-order valence-electron chi connectivity index (χ4n) is 7.17. The molecule has 4 bridgehead atoms. The summed E-state index contributed by atoms with van der Waals surface area (Å²) in [5.74, 6) is 1.65. The van der Waals surface area contributed by atoms with Crippen LogP contribution in [0.5, 0.6) is 0 Å². The van der Waals surface area contributed by atoms with E-state index >= 15 is 0 Å². The van der Waals surface area contributed by atoms with Gasteiger partial charge in [-0.25, -0.2) is 4.79 Å². The summed E-state index contributed by atoms with van der Waals surface area (Å²) in [4.78, 5) is 40.8. The van der Waals surface area contributed by atoms with Crippen LogP contribution >= 0.6 is 0 Å². The van der Waals surface area contributed by atoms with Crippen molar-refractivity contribution in [2.75, 3.05) is 13.2 Å². The van der Waals surface area contributed by atoms with Crippen molar-refractivity contribution in [2.24, 2.45) is 23.2 Å². The second-order valence-corrected chi connectivity index (χ2v) is 10.4. The number of ether oxygens (including phenoxy) is 1. The predicted molar refractivity (Wildman–Crippen MR) is 116 cm³/mol. The van der Waals surface area contributed by atoms with Crippen LogP contribution in [0.15, 0.2) is 24.3 Å². The number of benzene rings is 1. The molecule has 5 heteroatoms. The fourth-order valence-corrected chi connectivity index (χ4v) is 7.17. The molecule has 1 aromatic carbocycles. The first-order valence-corrected chi connectivity index (χ1v) is 12.1. The number of aryl methyl sites for hydroxylation is 1. The van der Waals surface area contributed by atoms with Crippen LogP contribution in [0.3, 0.4) is 0 Å². The first-order chi connectivity index (χ1) is 15.0. The topological polar surface area (TPSA) is 63.7 Å². The maximum Gasteiger partial charge on any atom is 0.329 e. The lowest BCUT2D eigenvalue weighted by atomic mass is 9.49. The van der Waals surface area contributed by atoms with E-state index in [4.69, 9.17) is 4.74 Å². The molecule has 0 radical (unpaired) electrons. The molecule has 1 amide bonds. The number of Topliss-reactive ketones (excluding diaryl/α,β-unsaturated/α-hetero) is 1. The van der Waals surface area contributed by atoms with Gasteiger partial charge in [0.1, 0.15) is 6.04 Å². The highest BCUT2D eigenvalue weighted by molar-refractivity contribution is 5.98. The van der Waals surface area contributed by atoms with Crippen LogP contribution in [0.1, 0.15) is 74.2 Å². The highest BCUT2D eigenvalue weighted by Crippen LogP contribution is 2.60. The maximum absolute atomic E-state index is 13.7. The molecule has 0 N–H and O–H groups in total. The van der Waals surface area contributed by atoms with Gasteiger partial charge >= 0.3 is 5.97 Å². The second kappa shape index (κ2) is 8.07. The number of carbonyl (C=O) groups is 3. The Bertz CT molecular complexity index is 839. The van der Waals surface area contributed by atoms with E-state index in [1.54, 1.807) is 17.0 Å². The van der Waals surface area contributed by atoms with Gasteiger partial charge in [-0.05, 0) is 81.1 Å². The number of ketones is 1. The monoisotopic (exact) mass is 423 g/mol. The third-order valence-corrected chi connectivity index (χ3v) is 8.31. The summed E-state index contributed by atoms with van der Waals surface area (Å²) in [6.07, 6.45) is 9.25. The van der Waals surface area contributed by atoms with E-state index < -0.39 is 12.0 Å². The van der Waals surface area contributed by atoms with Crippen molar-refractivity contribution < 1.29 is 19.1 Å². The average molecular weight is 424 g/mol. The Morgan fingerprint density at radius 1 is 1.00 bits per heavy atom. The summed E-state index contributed by atoms with van der Waals surface area (Å²) in [7, 11) is 0. The van der Waals surface area contributed by atoms with E-state index in [1.165, 1.54) is 24.8 Å². The Morgan fingerprint density at radius 2 is 1.61 bits per heavy atom. The van der Waals surface area contributed by atoms with E-state index in [-0.39, 0.29) is 23.7 Å². The number of likely N-dealkylation sites (tertiary alicyclic amines) is 1. The van der Waals surface area contributed by atoms with Crippen LogP contribution in [0, 0.1) is 23.2 Å². The first kappa shape index (κ1) is 20.7. The van der Waals surface area contributed by atoms with Crippen molar-refractivity contribution in [3.8, 4) is 0 Å².